The summed E-state index contributed by atoms with van der Waals surface area (Å²) in [6.45, 7) is 2.24. The van der Waals surface area contributed by atoms with Gasteiger partial charge in [0.1, 0.15) is 11.0 Å². The van der Waals surface area contributed by atoms with E-state index in [0.717, 1.165) is 6.32 Å². The zero-order valence-electron chi connectivity index (χ0n) is 10.6. The Kier molecular flexibility index (Phi) is 2.91. The Hall–Kier alpha value is -2.37. The number of nitrogens with one attached hydrogen (secondary N) is 1. The van der Waals surface area contributed by atoms with Gasteiger partial charge in [-0.15, -0.1) is 0 Å². The highest BCUT2D eigenvalue weighted by Crippen LogP contribution is 2.10. The maximum Gasteiger partial charge on any atom is 0.289 e. The Morgan fingerprint density at radius 2 is 2.11 bits per heavy atom. The fourth-order valence-corrected chi connectivity index (χ4v) is 2.30. The molecule has 1 aromatic carbocycles. The summed E-state index contributed by atoms with van der Waals surface area (Å²) in [5.74, 6) is 0. The number of nitrogens with zero attached hydrogens (tertiary/aromatic N) is 3. The van der Waals surface area contributed by atoms with Crippen LogP contribution in [0.4, 0.5) is 0 Å². The van der Waals surface area contributed by atoms with Crippen molar-refractivity contribution in [3.63, 3.8) is 0 Å². The number of H-pyrrole nitrogens is 1. The third-order valence-electron chi connectivity index (χ3n) is 3.24. The van der Waals surface area contributed by atoms with Crippen molar-refractivity contribution in [2.45, 2.75) is 13.1 Å². The van der Waals surface area contributed by atoms with Gasteiger partial charge < -0.3 is 4.48 Å². The number of hydrogen-bond acceptors (Lipinski definition) is 3. The largest absolute Gasteiger partial charge is 0.371 e. The van der Waals surface area contributed by atoms with Crippen molar-refractivity contribution in [1.82, 2.24) is 19.7 Å². The second kappa shape index (κ2) is 4.72. The smallest absolute Gasteiger partial charge is 0.289 e. The minimum Gasteiger partial charge on any atom is -0.371 e. The van der Waals surface area contributed by atoms with Crippen molar-refractivity contribution in [2.75, 3.05) is 0 Å². The van der Waals surface area contributed by atoms with Crippen molar-refractivity contribution in [2.24, 2.45) is 0 Å². The van der Waals surface area contributed by atoms with Crippen molar-refractivity contribution in [3.05, 3.63) is 58.8 Å². The number of aromatic amines is 1. The summed E-state index contributed by atoms with van der Waals surface area (Å²) < 4.78 is 1.91. The third-order valence-corrected chi connectivity index (χ3v) is 3.24. The molecule has 94 valence electrons. The fraction of sp³-hybridized carbons (Fsp3) is 0.154. The molecule has 3 aromatic rings. The number of aromatic nitrogens is 4. The van der Waals surface area contributed by atoms with E-state index in [1.807, 2.05) is 22.7 Å². The van der Waals surface area contributed by atoms with Crippen LogP contribution in [-0.2, 0) is 6.32 Å². The molecule has 2 aromatic heterocycles. The minimum atomic E-state index is -0.199. The predicted octanol–water partition coefficient (Wildman–Crippen LogP) is 1.37. The van der Waals surface area contributed by atoms with E-state index >= 15 is 0 Å². The number of hydrogen-bond donors (Lipinski definition) is 1. The number of rotatable bonds is 3. The van der Waals surface area contributed by atoms with Crippen molar-refractivity contribution < 1.29 is 0 Å². The molecule has 6 heteroatoms. The molecule has 2 heterocycles. The van der Waals surface area contributed by atoms with Gasteiger partial charge in [0.05, 0.1) is 12.5 Å². The molecule has 0 saturated heterocycles. The minimum absolute atomic E-state index is 0.163. The molecule has 3 rings (SSSR count). The van der Waals surface area contributed by atoms with E-state index in [2.05, 4.69) is 34.1 Å². The van der Waals surface area contributed by atoms with Crippen LogP contribution in [0.1, 0.15) is 5.56 Å². The predicted molar refractivity (Wildman–Crippen MR) is 75.3 cm³/mol. The molecule has 0 aliphatic carbocycles. The lowest BCUT2D eigenvalue weighted by molar-refractivity contribution is 0.999. The molecule has 0 aliphatic rings. The van der Waals surface area contributed by atoms with Gasteiger partial charge in [-0.3, -0.25) is 4.79 Å². The summed E-state index contributed by atoms with van der Waals surface area (Å²) >= 11 is 0. The number of benzene rings is 1. The van der Waals surface area contributed by atoms with Crippen molar-refractivity contribution in [3.8, 4) is 0 Å². The molecule has 1 N–H and O–H groups in total. The van der Waals surface area contributed by atoms with Crippen LogP contribution in [0.2, 0.25) is 6.82 Å². The topological polar surface area (TPSA) is 63.6 Å². The SMILES string of the molecule is CB(Cc1ccccc1)n1cnc2cn[nH]c(=O)c21. The monoisotopic (exact) mass is 252 g/mol. The van der Waals surface area contributed by atoms with Crippen molar-refractivity contribution in [1.29, 1.82) is 0 Å². The molecular weight excluding hydrogens is 239 g/mol. The first-order chi connectivity index (χ1) is 9.25. The molecule has 0 spiro atoms. The van der Waals surface area contributed by atoms with Gasteiger partial charge in [-0.2, -0.15) is 5.10 Å². The Morgan fingerprint density at radius 3 is 2.89 bits per heavy atom. The van der Waals surface area contributed by atoms with Gasteiger partial charge in [0.25, 0.3) is 12.4 Å². The lowest BCUT2D eigenvalue weighted by Gasteiger charge is -2.10. The zero-order chi connectivity index (χ0) is 13.2. The molecule has 0 bridgehead atoms. The maximum atomic E-state index is 11.8. The fourth-order valence-electron chi connectivity index (χ4n) is 2.30. The van der Waals surface area contributed by atoms with E-state index in [1.54, 1.807) is 12.5 Å². The lowest BCUT2D eigenvalue weighted by atomic mass is 9.59. The molecule has 0 aliphatic heterocycles. The van der Waals surface area contributed by atoms with Crippen LogP contribution < -0.4 is 5.56 Å². The highest BCUT2D eigenvalue weighted by molar-refractivity contribution is 6.56. The standard InChI is InChI=1S/C13H13BN4O/c1-14(7-10-5-3-2-4-6-10)18-9-15-11-8-16-17-13(19)12(11)18/h2-6,8-9H,7H2,1H3,(H,17,19). The highest BCUT2D eigenvalue weighted by atomic mass is 16.1. The quantitative estimate of drug-likeness (QED) is 0.716. The van der Waals surface area contributed by atoms with Crippen LogP contribution >= 0.6 is 0 Å². The van der Waals surface area contributed by atoms with E-state index in [1.165, 1.54) is 5.56 Å². The number of fused-ring (bicyclic) bond motifs is 1. The molecule has 0 amide bonds. The van der Waals surface area contributed by atoms with Gasteiger partial charge in [0, 0.05) is 0 Å². The van der Waals surface area contributed by atoms with Crippen LogP contribution in [0.3, 0.4) is 0 Å². The lowest BCUT2D eigenvalue weighted by Crippen LogP contribution is -2.26. The van der Waals surface area contributed by atoms with Gasteiger partial charge in [-0.1, -0.05) is 42.7 Å². The summed E-state index contributed by atoms with van der Waals surface area (Å²) in [4.78, 5) is 16.1. The van der Waals surface area contributed by atoms with Gasteiger partial charge in [-0.25, -0.2) is 10.1 Å². The van der Waals surface area contributed by atoms with Crippen molar-refractivity contribution >= 4 is 17.9 Å². The first-order valence-corrected chi connectivity index (χ1v) is 6.20. The summed E-state index contributed by atoms with van der Waals surface area (Å²) in [6.07, 6.45) is 4.13. The zero-order valence-corrected chi connectivity index (χ0v) is 10.6. The molecule has 0 unspecified atom stereocenters. The average Bonchev–Trinajstić information content (AvgIpc) is 2.85. The average molecular weight is 252 g/mol. The Bertz CT molecular complexity index is 750. The van der Waals surface area contributed by atoms with Crippen LogP contribution in [0, 0.1) is 0 Å². The summed E-state index contributed by atoms with van der Waals surface area (Å²) in [5, 5.41) is 6.21. The van der Waals surface area contributed by atoms with E-state index in [9.17, 15) is 4.79 Å². The number of imidazole rings is 1. The summed E-state index contributed by atoms with van der Waals surface area (Å²) in [5.41, 5.74) is 2.25. The Labute approximate surface area is 110 Å². The Balaban J connectivity index is 1.98. The normalized spacial score (nSPS) is 10.8. The van der Waals surface area contributed by atoms with Gasteiger partial charge in [-0.05, 0) is 6.32 Å². The molecule has 0 fully saturated rings. The molecule has 0 radical (unpaired) electrons. The van der Waals surface area contributed by atoms with Crippen LogP contribution in [0.25, 0.3) is 11.0 Å². The first kappa shape index (κ1) is 11.7. The van der Waals surface area contributed by atoms with Crippen LogP contribution in [0.15, 0.2) is 47.7 Å². The Morgan fingerprint density at radius 1 is 1.32 bits per heavy atom. The van der Waals surface area contributed by atoms with Crippen LogP contribution in [-0.4, -0.2) is 26.5 Å². The summed E-state index contributed by atoms with van der Waals surface area (Å²) in [6, 6.07) is 10.2. The third kappa shape index (κ3) is 2.17. The van der Waals surface area contributed by atoms with E-state index in [0.29, 0.717) is 11.0 Å². The molecule has 19 heavy (non-hydrogen) atoms. The maximum absolute atomic E-state index is 11.8. The molecule has 0 saturated carbocycles. The van der Waals surface area contributed by atoms with Gasteiger partial charge in [0.2, 0.25) is 0 Å². The van der Waals surface area contributed by atoms with E-state index < -0.39 is 0 Å². The van der Waals surface area contributed by atoms with E-state index in [-0.39, 0.29) is 12.4 Å². The molecule has 5 nitrogen and oxygen atoms in total. The second-order valence-electron chi connectivity index (χ2n) is 4.62. The second-order valence-corrected chi connectivity index (χ2v) is 4.62. The van der Waals surface area contributed by atoms with Gasteiger partial charge >= 0.3 is 0 Å². The first-order valence-electron chi connectivity index (χ1n) is 6.20. The molecular formula is C13H13BN4O. The van der Waals surface area contributed by atoms with E-state index in [4.69, 9.17) is 0 Å². The van der Waals surface area contributed by atoms with Crippen LogP contribution in [0.5, 0.6) is 0 Å². The summed E-state index contributed by atoms with van der Waals surface area (Å²) in [7, 11) is 0. The molecule has 0 atom stereocenters. The highest BCUT2D eigenvalue weighted by Gasteiger charge is 2.16. The van der Waals surface area contributed by atoms with Gasteiger partial charge in [0.15, 0.2) is 0 Å².